The number of carbonyl (C=O) groups excluding carboxylic acids is 1. The van der Waals surface area contributed by atoms with Crippen molar-refractivity contribution in [3.63, 3.8) is 0 Å². The van der Waals surface area contributed by atoms with Gasteiger partial charge in [0.2, 0.25) is 5.91 Å². The first-order valence-corrected chi connectivity index (χ1v) is 9.33. The molecular formula is C19H23N5O3. The van der Waals surface area contributed by atoms with E-state index in [-0.39, 0.29) is 11.8 Å². The van der Waals surface area contributed by atoms with Crippen LogP contribution in [-0.4, -0.2) is 34.1 Å². The molecule has 1 fully saturated rings. The summed E-state index contributed by atoms with van der Waals surface area (Å²) in [7, 11) is 0. The van der Waals surface area contributed by atoms with Gasteiger partial charge in [0.05, 0.1) is 18.2 Å². The summed E-state index contributed by atoms with van der Waals surface area (Å²) in [6, 6.07) is 3.78. The number of aryl methyl sites for hydroxylation is 2. The van der Waals surface area contributed by atoms with E-state index < -0.39 is 0 Å². The van der Waals surface area contributed by atoms with Gasteiger partial charge in [-0.1, -0.05) is 12.1 Å². The van der Waals surface area contributed by atoms with E-state index in [1.165, 1.54) is 6.33 Å². The molecule has 1 unspecified atom stereocenters. The van der Waals surface area contributed by atoms with E-state index in [9.17, 15) is 4.79 Å². The van der Waals surface area contributed by atoms with Crippen LogP contribution in [0.1, 0.15) is 37.0 Å². The molecule has 1 N–H and O–H groups in total. The molecule has 4 rings (SSSR count). The smallest absolute Gasteiger partial charge is 0.263 e. The van der Waals surface area contributed by atoms with E-state index in [1.807, 2.05) is 26.0 Å². The van der Waals surface area contributed by atoms with Crippen LogP contribution < -0.4 is 10.2 Å². The fourth-order valence-corrected chi connectivity index (χ4v) is 3.59. The van der Waals surface area contributed by atoms with Crippen LogP contribution in [0, 0.1) is 12.8 Å². The number of aromatic nitrogens is 3. The summed E-state index contributed by atoms with van der Waals surface area (Å²) in [6.07, 6.45) is 4.02. The van der Waals surface area contributed by atoms with Gasteiger partial charge in [-0.15, -0.1) is 0 Å². The molecule has 1 amide bonds. The van der Waals surface area contributed by atoms with Crippen molar-refractivity contribution >= 4 is 22.8 Å². The molecule has 8 nitrogen and oxygen atoms in total. The van der Waals surface area contributed by atoms with Crippen LogP contribution in [-0.2, 0) is 17.8 Å². The third kappa shape index (κ3) is 3.51. The largest absolute Gasteiger partial charge is 0.465 e. The monoisotopic (exact) mass is 369 g/mol. The van der Waals surface area contributed by atoms with Crippen LogP contribution in [0.2, 0.25) is 0 Å². The van der Waals surface area contributed by atoms with Crippen LogP contribution in [0.15, 0.2) is 27.4 Å². The second-order valence-electron chi connectivity index (χ2n) is 6.88. The fourth-order valence-electron chi connectivity index (χ4n) is 3.59. The van der Waals surface area contributed by atoms with E-state index >= 15 is 0 Å². The molecule has 1 saturated heterocycles. The Labute approximate surface area is 156 Å². The molecule has 1 atom stereocenters. The Bertz CT molecular complexity index is 948. The van der Waals surface area contributed by atoms with Gasteiger partial charge in [-0.2, -0.15) is 4.98 Å². The number of nitrogens with one attached hydrogen (secondary N) is 1. The number of rotatable bonds is 5. The van der Waals surface area contributed by atoms with E-state index in [1.54, 1.807) is 0 Å². The van der Waals surface area contributed by atoms with Gasteiger partial charge in [-0.25, -0.2) is 4.98 Å². The molecule has 0 saturated carbocycles. The minimum Gasteiger partial charge on any atom is -0.465 e. The number of anilines is 1. The Morgan fingerprint density at radius 1 is 1.37 bits per heavy atom. The number of piperidine rings is 1. The summed E-state index contributed by atoms with van der Waals surface area (Å²) in [6.45, 7) is 5.79. The van der Waals surface area contributed by atoms with Crippen molar-refractivity contribution in [1.29, 1.82) is 0 Å². The number of fused-ring (bicyclic) bond motifs is 1. The van der Waals surface area contributed by atoms with Crippen LogP contribution in [0.3, 0.4) is 0 Å². The molecule has 0 bridgehead atoms. The maximum atomic E-state index is 12.6. The van der Waals surface area contributed by atoms with Gasteiger partial charge in [0.15, 0.2) is 0 Å². The van der Waals surface area contributed by atoms with Gasteiger partial charge < -0.3 is 19.2 Å². The van der Waals surface area contributed by atoms with Crippen molar-refractivity contribution in [1.82, 2.24) is 20.4 Å². The molecule has 3 aromatic heterocycles. The zero-order chi connectivity index (χ0) is 18.8. The maximum Gasteiger partial charge on any atom is 0.263 e. The average molecular weight is 369 g/mol. The zero-order valence-corrected chi connectivity index (χ0v) is 15.6. The summed E-state index contributed by atoms with van der Waals surface area (Å²) < 4.78 is 10.8. The van der Waals surface area contributed by atoms with Crippen molar-refractivity contribution in [2.24, 2.45) is 5.92 Å². The van der Waals surface area contributed by atoms with Crippen molar-refractivity contribution in [3.05, 3.63) is 35.7 Å². The van der Waals surface area contributed by atoms with Crippen molar-refractivity contribution in [3.8, 4) is 0 Å². The molecule has 3 aromatic rings. The summed E-state index contributed by atoms with van der Waals surface area (Å²) in [5.74, 6) is 2.36. The van der Waals surface area contributed by atoms with Gasteiger partial charge >= 0.3 is 0 Å². The minimum atomic E-state index is -0.0928. The lowest BCUT2D eigenvalue weighted by molar-refractivity contribution is -0.125. The lowest BCUT2D eigenvalue weighted by atomic mass is 9.97. The highest BCUT2D eigenvalue weighted by molar-refractivity contribution is 5.88. The highest BCUT2D eigenvalue weighted by Gasteiger charge is 2.28. The first-order valence-electron chi connectivity index (χ1n) is 9.33. The number of hydrogen-bond acceptors (Lipinski definition) is 7. The van der Waals surface area contributed by atoms with E-state index in [0.29, 0.717) is 18.8 Å². The van der Waals surface area contributed by atoms with Crippen LogP contribution in [0.25, 0.3) is 11.1 Å². The first-order chi connectivity index (χ1) is 13.2. The normalized spacial score (nSPS) is 17.4. The summed E-state index contributed by atoms with van der Waals surface area (Å²) in [5, 5.41) is 7.93. The summed E-state index contributed by atoms with van der Waals surface area (Å²) >= 11 is 0. The first kappa shape index (κ1) is 17.5. The molecule has 4 heterocycles. The van der Waals surface area contributed by atoms with E-state index in [2.05, 4.69) is 25.3 Å². The molecule has 1 aliphatic rings. The van der Waals surface area contributed by atoms with Gasteiger partial charge in [-0.05, 0) is 38.3 Å². The lowest BCUT2D eigenvalue weighted by Gasteiger charge is -2.33. The van der Waals surface area contributed by atoms with Crippen molar-refractivity contribution in [2.45, 2.75) is 39.7 Å². The fraction of sp³-hybridized carbons (Fsp3) is 0.474. The summed E-state index contributed by atoms with van der Waals surface area (Å²) in [5.41, 5.74) is 1.34. The lowest BCUT2D eigenvalue weighted by Crippen LogP contribution is -2.43. The van der Waals surface area contributed by atoms with Crippen LogP contribution in [0.5, 0.6) is 0 Å². The molecule has 1 aliphatic heterocycles. The number of nitrogens with zero attached hydrogens (tertiary/aromatic N) is 4. The Kier molecular flexibility index (Phi) is 4.79. The second kappa shape index (κ2) is 7.38. The Morgan fingerprint density at radius 2 is 2.26 bits per heavy atom. The topological polar surface area (TPSA) is 97.3 Å². The van der Waals surface area contributed by atoms with E-state index in [4.69, 9.17) is 8.94 Å². The maximum absolute atomic E-state index is 12.6. The zero-order valence-electron chi connectivity index (χ0n) is 15.6. The Hall–Kier alpha value is -2.90. The number of carbonyl (C=O) groups is 1. The van der Waals surface area contributed by atoms with Gasteiger partial charge in [0.1, 0.15) is 29.1 Å². The molecular weight excluding hydrogens is 346 g/mol. The average Bonchev–Trinajstić information content (AvgIpc) is 3.31. The third-order valence-corrected chi connectivity index (χ3v) is 4.98. The highest BCUT2D eigenvalue weighted by atomic mass is 16.5. The molecule has 8 heteroatoms. The molecule has 27 heavy (non-hydrogen) atoms. The van der Waals surface area contributed by atoms with Gasteiger partial charge in [0, 0.05) is 13.1 Å². The second-order valence-corrected chi connectivity index (χ2v) is 6.88. The molecule has 0 spiro atoms. The molecule has 0 radical (unpaired) electrons. The number of furan rings is 1. The molecule has 0 aromatic carbocycles. The number of hydrogen-bond donors (Lipinski definition) is 1. The number of amides is 1. The SMILES string of the molecule is CCc1noc2ncnc(N3CCCC(C(=O)NCc4ccc(C)o4)C3)c12. The Morgan fingerprint density at radius 3 is 3.04 bits per heavy atom. The quantitative estimate of drug-likeness (QED) is 0.738. The molecule has 0 aliphatic carbocycles. The standard InChI is InChI=1S/C19H23N5O3/c1-3-15-16-17(21-11-22-19(16)27-23-15)24-8-4-5-13(10-24)18(25)20-9-14-7-6-12(2)26-14/h6-7,11,13H,3-5,8-10H2,1-2H3,(H,20,25). The minimum absolute atomic E-state index is 0.0417. The molecule has 142 valence electrons. The van der Waals surface area contributed by atoms with Gasteiger partial charge in [-0.3, -0.25) is 4.79 Å². The van der Waals surface area contributed by atoms with Crippen molar-refractivity contribution < 1.29 is 13.7 Å². The predicted octanol–water partition coefficient (Wildman–Crippen LogP) is 2.61. The van der Waals surface area contributed by atoms with E-state index in [0.717, 1.165) is 54.2 Å². The van der Waals surface area contributed by atoms with Gasteiger partial charge in [0.25, 0.3) is 5.71 Å². The highest BCUT2D eigenvalue weighted by Crippen LogP contribution is 2.30. The van der Waals surface area contributed by atoms with Crippen molar-refractivity contribution in [2.75, 3.05) is 18.0 Å². The summed E-state index contributed by atoms with van der Waals surface area (Å²) in [4.78, 5) is 23.4. The van der Waals surface area contributed by atoms with Crippen LogP contribution in [0.4, 0.5) is 5.82 Å². The van der Waals surface area contributed by atoms with Crippen LogP contribution >= 0.6 is 0 Å². The predicted molar refractivity (Wildman–Crippen MR) is 99.2 cm³/mol. The third-order valence-electron chi connectivity index (χ3n) is 4.98. The Balaban J connectivity index is 1.48.